The molecule has 0 spiro atoms. The van der Waals surface area contributed by atoms with Crippen molar-refractivity contribution in [1.82, 2.24) is 0 Å². The standard InChI is InChI=1S/C8H15N/c1-2-7-3-5-8(9)6-4-7/h7,9H,2-6H2,1H3. The lowest BCUT2D eigenvalue weighted by Crippen LogP contribution is -2.11. The van der Waals surface area contributed by atoms with Crippen molar-refractivity contribution in [3.63, 3.8) is 0 Å². The van der Waals surface area contributed by atoms with Crippen LogP contribution in [0.2, 0.25) is 0 Å². The van der Waals surface area contributed by atoms with Gasteiger partial charge in [0, 0.05) is 5.71 Å². The van der Waals surface area contributed by atoms with Crippen LogP contribution in [0.3, 0.4) is 0 Å². The van der Waals surface area contributed by atoms with Crippen LogP contribution >= 0.6 is 0 Å². The van der Waals surface area contributed by atoms with Gasteiger partial charge in [0.25, 0.3) is 0 Å². The Hall–Kier alpha value is -0.330. The average molecular weight is 125 g/mol. The van der Waals surface area contributed by atoms with Crippen LogP contribution in [0.4, 0.5) is 0 Å². The molecule has 0 aromatic carbocycles. The monoisotopic (exact) mass is 125 g/mol. The Morgan fingerprint density at radius 3 is 2.44 bits per heavy atom. The normalized spacial score (nSPS) is 28.6. The summed E-state index contributed by atoms with van der Waals surface area (Å²) in [6, 6.07) is 0. The predicted octanol–water partition coefficient (Wildman–Crippen LogP) is 2.61. The van der Waals surface area contributed by atoms with Crippen molar-refractivity contribution in [2.75, 3.05) is 0 Å². The zero-order valence-corrected chi connectivity index (χ0v) is 6.11. The third kappa shape index (κ3) is 1.81. The van der Waals surface area contributed by atoms with Crippen molar-refractivity contribution < 1.29 is 0 Å². The summed E-state index contributed by atoms with van der Waals surface area (Å²) in [6.45, 7) is 2.25. The first-order valence-electron chi connectivity index (χ1n) is 3.89. The van der Waals surface area contributed by atoms with Crippen LogP contribution in [-0.2, 0) is 0 Å². The Bertz CT molecular complexity index is 97.1. The molecule has 0 bridgehead atoms. The highest BCUT2D eigenvalue weighted by atomic mass is 14.4. The second-order valence-corrected chi connectivity index (χ2v) is 2.96. The molecule has 0 radical (unpaired) electrons. The third-order valence-corrected chi connectivity index (χ3v) is 2.29. The molecule has 0 atom stereocenters. The highest BCUT2D eigenvalue weighted by Crippen LogP contribution is 2.23. The van der Waals surface area contributed by atoms with E-state index in [9.17, 15) is 0 Å². The lowest BCUT2D eigenvalue weighted by Gasteiger charge is -2.20. The molecule has 9 heavy (non-hydrogen) atoms. The quantitative estimate of drug-likeness (QED) is 0.557. The first kappa shape index (κ1) is 6.79. The Morgan fingerprint density at radius 1 is 1.44 bits per heavy atom. The van der Waals surface area contributed by atoms with Crippen molar-refractivity contribution >= 4 is 5.71 Å². The van der Waals surface area contributed by atoms with Gasteiger partial charge in [0.1, 0.15) is 0 Å². The minimum Gasteiger partial charge on any atom is -0.310 e. The Balaban J connectivity index is 2.26. The van der Waals surface area contributed by atoms with Gasteiger partial charge < -0.3 is 5.41 Å². The van der Waals surface area contributed by atoms with Crippen LogP contribution in [0.15, 0.2) is 0 Å². The van der Waals surface area contributed by atoms with Crippen LogP contribution < -0.4 is 0 Å². The molecule has 1 rings (SSSR count). The van der Waals surface area contributed by atoms with Gasteiger partial charge in [0.2, 0.25) is 0 Å². The van der Waals surface area contributed by atoms with E-state index < -0.39 is 0 Å². The predicted molar refractivity (Wildman–Crippen MR) is 40.0 cm³/mol. The molecule has 1 aliphatic rings. The molecular formula is C8H15N. The highest BCUT2D eigenvalue weighted by molar-refractivity contribution is 5.81. The summed E-state index contributed by atoms with van der Waals surface area (Å²) >= 11 is 0. The summed E-state index contributed by atoms with van der Waals surface area (Å²) in [5, 5.41) is 7.35. The van der Waals surface area contributed by atoms with Crippen molar-refractivity contribution in [2.45, 2.75) is 39.0 Å². The van der Waals surface area contributed by atoms with E-state index in [0.29, 0.717) is 0 Å². The molecule has 1 saturated carbocycles. The Labute approximate surface area is 57.0 Å². The molecule has 1 nitrogen and oxygen atoms in total. The van der Waals surface area contributed by atoms with E-state index in [4.69, 9.17) is 5.41 Å². The zero-order chi connectivity index (χ0) is 6.69. The minimum atomic E-state index is 0.930. The van der Waals surface area contributed by atoms with E-state index >= 15 is 0 Å². The first-order valence-corrected chi connectivity index (χ1v) is 3.89. The van der Waals surface area contributed by atoms with Gasteiger partial charge in [-0.05, 0) is 31.6 Å². The summed E-state index contributed by atoms with van der Waals surface area (Å²) in [6.07, 6.45) is 6.00. The molecule has 52 valence electrons. The van der Waals surface area contributed by atoms with Crippen LogP contribution in [0, 0.1) is 11.3 Å². The lowest BCUT2D eigenvalue weighted by molar-refractivity contribution is 0.428. The number of nitrogens with one attached hydrogen (secondary N) is 1. The fourth-order valence-electron chi connectivity index (χ4n) is 1.43. The van der Waals surface area contributed by atoms with E-state index in [1.807, 2.05) is 0 Å². The second kappa shape index (κ2) is 3.00. The molecule has 1 aliphatic carbocycles. The van der Waals surface area contributed by atoms with Gasteiger partial charge in [-0.15, -0.1) is 0 Å². The van der Waals surface area contributed by atoms with E-state index in [-0.39, 0.29) is 0 Å². The molecule has 1 heteroatoms. The summed E-state index contributed by atoms with van der Waals surface area (Å²) in [5.41, 5.74) is 0.972. The summed E-state index contributed by atoms with van der Waals surface area (Å²) < 4.78 is 0. The van der Waals surface area contributed by atoms with Crippen molar-refractivity contribution in [3.05, 3.63) is 0 Å². The zero-order valence-electron chi connectivity index (χ0n) is 6.11. The van der Waals surface area contributed by atoms with Crippen molar-refractivity contribution in [2.24, 2.45) is 5.92 Å². The number of hydrogen-bond donors (Lipinski definition) is 1. The van der Waals surface area contributed by atoms with Gasteiger partial charge in [-0.1, -0.05) is 13.3 Å². The maximum atomic E-state index is 7.35. The Kier molecular flexibility index (Phi) is 2.26. The van der Waals surface area contributed by atoms with Gasteiger partial charge in [0.15, 0.2) is 0 Å². The molecule has 0 saturated heterocycles. The smallest absolute Gasteiger partial charge is 0.00893 e. The molecule has 0 aromatic heterocycles. The molecule has 1 N–H and O–H groups in total. The summed E-state index contributed by atoms with van der Waals surface area (Å²) in [5.74, 6) is 0.930. The summed E-state index contributed by atoms with van der Waals surface area (Å²) in [7, 11) is 0. The average Bonchev–Trinajstić information content (AvgIpc) is 1.90. The van der Waals surface area contributed by atoms with Gasteiger partial charge >= 0.3 is 0 Å². The van der Waals surface area contributed by atoms with Crippen molar-refractivity contribution in [3.8, 4) is 0 Å². The topological polar surface area (TPSA) is 23.9 Å². The SMILES string of the molecule is CCC1CCC(=N)CC1. The number of rotatable bonds is 1. The van der Waals surface area contributed by atoms with Crippen LogP contribution in [0.25, 0.3) is 0 Å². The second-order valence-electron chi connectivity index (χ2n) is 2.96. The maximum absolute atomic E-state index is 7.35. The molecule has 0 aromatic rings. The van der Waals surface area contributed by atoms with Gasteiger partial charge in [-0.25, -0.2) is 0 Å². The fourth-order valence-corrected chi connectivity index (χ4v) is 1.43. The van der Waals surface area contributed by atoms with E-state index in [1.165, 1.54) is 19.3 Å². The molecule has 0 amide bonds. The lowest BCUT2D eigenvalue weighted by atomic mass is 9.86. The third-order valence-electron chi connectivity index (χ3n) is 2.29. The van der Waals surface area contributed by atoms with Gasteiger partial charge in [-0.3, -0.25) is 0 Å². The van der Waals surface area contributed by atoms with E-state index in [2.05, 4.69) is 6.92 Å². The van der Waals surface area contributed by atoms with Gasteiger partial charge in [0.05, 0.1) is 0 Å². The molecule has 0 heterocycles. The Morgan fingerprint density at radius 2 is 2.00 bits per heavy atom. The van der Waals surface area contributed by atoms with Crippen LogP contribution in [0.1, 0.15) is 39.0 Å². The molecular weight excluding hydrogens is 110 g/mol. The highest BCUT2D eigenvalue weighted by Gasteiger charge is 2.13. The first-order chi connectivity index (χ1) is 4.33. The molecule has 1 fully saturated rings. The molecule has 0 unspecified atom stereocenters. The van der Waals surface area contributed by atoms with E-state index in [0.717, 1.165) is 24.5 Å². The largest absolute Gasteiger partial charge is 0.310 e. The van der Waals surface area contributed by atoms with Crippen LogP contribution in [0.5, 0.6) is 0 Å². The minimum absolute atomic E-state index is 0.930. The molecule has 0 aliphatic heterocycles. The van der Waals surface area contributed by atoms with Gasteiger partial charge in [-0.2, -0.15) is 0 Å². The van der Waals surface area contributed by atoms with Crippen LogP contribution in [-0.4, -0.2) is 5.71 Å². The summed E-state index contributed by atoms with van der Waals surface area (Å²) in [4.78, 5) is 0. The number of hydrogen-bond acceptors (Lipinski definition) is 1. The maximum Gasteiger partial charge on any atom is 0.00893 e. The fraction of sp³-hybridized carbons (Fsp3) is 0.875. The van der Waals surface area contributed by atoms with Crippen molar-refractivity contribution in [1.29, 1.82) is 5.41 Å². The van der Waals surface area contributed by atoms with E-state index in [1.54, 1.807) is 0 Å².